The molecular formula is C30H31N7Na2O8. The van der Waals surface area contributed by atoms with Crippen LogP contribution in [0.15, 0.2) is 47.7 Å². The largest absolute Gasteiger partial charge is 1.00 e. The number of nitrogens with one attached hydrogen (secondary N) is 2. The SMILES string of the molecule is CC(C)(C)c1[nH]cnc1/C=c1\[nH]c(=O)/c(=C/c2ccccc2)nc1OCOC(=O)CCCc1cn([C@@H](CC(=O)[O-])C(=O)[O-])nn1.[Na+].[Na+]. The number of aryl methyl sites for hydroxylation is 1. The number of H-pyrrole nitrogens is 2. The molecule has 0 spiro atoms. The average molecular weight is 664 g/mol. The van der Waals surface area contributed by atoms with Crippen molar-refractivity contribution in [1.82, 2.24) is 34.9 Å². The first kappa shape index (κ1) is 39.6. The molecule has 4 rings (SSSR count). The molecule has 0 saturated carbocycles. The Hall–Kier alpha value is -3.60. The van der Waals surface area contributed by atoms with E-state index >= 15 is 0 Å². The van der Waals surface area contributed by atoms with Gasteiger partial charge < -0.3 is 39.2 Å². The molecule has 3 heterocycles. The van der Waals surface area contributed by atoms with Gasteiger partial charge in [-0.05, 0) is 30.6 Å². The van der Waals surface area contributed by atoms with Crippen LogP contribution in [0.4, 0.5) is 0 Å². The second kappa shape index (κ2) is 18.1. The van der Waals surface area contributed by atoms with E-state index in [4.69, 9.17) is 9.47 Å². The van der Waals surface area contributed by atoms with Gasteiger partial charge in [0.05, 0.1) is 29.7 Å². The number of aliphatic carboxylic acids is 2. The molecule has 0 aliphatic carbocycles. The van der Waals surface area contributed by atoms with Gasteiger partial charge in [0.15, 0.2) is 0 Å². The number of imidazole rings is 1. The molecule has 2 N–H and O–H groups in total. The Bertz CT molecular complexity index is 1850. The van der Waals surface area contributed by atoms with Crippen LogP contribution >= 0.6 is 0 Å². The van der Waals surface area contributed by atoms with Gasteiger partial charge in [0.2, 0.25) is 12.7 Å². The summed E-state index contributed by atoms with van der Waals surface area (Å²) >= 11 is 0. The van der Waals surface area contributed by atoms with Crippen molar-refractivity contribution in [2.24, 2.45) is 0 Å². The molecule has 0 aliphatic heterocycles. The molecule has 0 radical (unpaired) electrons. The molecule has 15 nitrogen and oxygen atoms in total. The van der Waals surface area contributed by atoms with Gasteiger partial charge >= 0.3 is 65.1 Å². The molecule has 0 saturated heterocycles. The minimum atomic E-state index is -1.64. The molecule has 1 aromatic carbocycles. The quantitative estimate of drug-likeness (QED) is 0.0774. The Morgan fingerprint density at radius 2 is 1.81 bits per heavy atom. The summed E-state index contributed by atoms with van der Waals surface area (Å²) in [4.78, 5) is 62.0. The number of aromatic nitrogens is 7. The summed E-state index contributed by atoms with van der Waals surface area (Å²) < 4.78 is 11.8. The van der Waals surface area contributed by atoms with E-state index in [0.717, 1.165) is 15.9 Å². The van der Waals surface area contributed by atoms with Gasteiger partial charge in [-0.15, -0.1) is 5.10 Å². The zero-order chi connectivity index (χ0) is 32.6. The molecule has 0 amide bonds. The van der Waals surface area contributed by atoms with E-state index in [1.165, 1.54) is 6.20 Å². The molecule has 0 unspecified atom stereocenters. The Morgan fingerprint density at radius 1 is 1.09 bits per heavy atom. The Labute approximate surface area is 313 Å². The Kier molecular flexibility index (Phi) is 15.2. The van der Waals surface area contributed by atoms with E-state index in [9.17, 15) is 29.4 Å². The number of benzene rings is 1. The third-order valence-electron chi connectivity index (χ3n) is 6.47. The molecular weight excluding hydrogens is 632 g/mol. The van der Waals surface area contributed by atoms with E-state index in [-0.39, 0.29) is 100 Å². The molecule has 4 aromatic rings. The number of esters is 1. The maximum atomic E-state index is 12.9. The number of aromatic amines is 2. The van der Waals surface area contributed by atoms with Gasteiger partial charge in [0.1, 0.15) is 10.7 Å². The third kappa shape index (κ3) is 11.6. The van der Waals surface area contributed by atoms with Crippen LogP contribution in [0.2, 0.25) is 0 Å². The van der Waals surface area contributed by atoms with Crippen molar-refractivity contribution in [3.8, 4) is 5.88 Å². The van der Waals surface area contributed by atoms with E-state index in [1.807, 2.05) is 51.1 Å². The topological polar surface area (TPSA) is 221 Å². The van der Waals surface area contributed by atoms with Crippen molar-refractivity contribution in [3.05, 3.63) is 86.6 Å². The fourth-order valence-corrected chi connectivity index (χ4v) is 4.28. The van der Waals surface area contributed by atoms with Crippen molar-refractivity contribution < 1.29 is 93.2 Å². The van der Waals surface area contributed by atoms with E-state index < -0.39 is 42.7 Å². The van der Waals surface area contributed by atoms with Crippen molar-refractivity contribution in [3.63, 3.8) is 0 Å². The standard InChI is InChI=1S/C30H33N7O8.2Na/c1-30(2,3)26-20(31-16-32-26)13-22-28(34-21(27(41)33-22)12-18-8-5-4-6-9-18)45-17-44-25(40)11-7-10-19-15-37(36-35-19)23(29(42)43)14-24(38)39;;/h4-6,8-9,12-13,15-16,23H,7,10-11,14,17H2,1-3H3,(H,31,32)(H,33,41)(H,38,39)(H,42,43);;/q;2*+1/p-2/b21-12-,22-13-;;/t23-;;/m0../s1. The Balaban J connectivity index is 0.00000384. The minimum absolute atomic E-state index is 0. The van der Waals surface area contributed by atoms with E-state index in [1.54, 1.807) is 18.5 Å². The van der Waals surface area contributed by atoms with Gasteiger partial charge in [0.25, 0.3) is 5.56 Å². The van der Waals surface area contributed by atoms with Crippen molar-refractivity contribution >= 4 is 30.1 Å². The van der Waals surface area contributed by atoms with Crippen LogP contribution in [0.5, 0.6) is 5.88 Å². The first-order valence-electron chi connectivity index (χ1n) is 13.9. The number of carboxylic acids is 2. The summed E-state index contributed by atoms with van der Waals surface area (Å²) in [5, 5.41) is 29.8. The summed E-state index contributed by atoms with van der Waals surface area (Å²) in [6.45, 7) is 5.54. The molecule has 17 heteroatoms. The van der Waals surface area contributed by atoms with Crippen molar-refractivity contribution in [2.75, 3.05) is 6.79 Å². The van der Waals surface area contributed by atoms with Crippen LogP contribution < -0.4 is 90.3 Å². The van der Waals surface area contributed by atoms with Gasteiger partial charge in [0, 0.05) is 36.1 Å². The number of carbonyl (C=O) groups excluding carboxylic acids is 3. The summed E-state index contributed by atoms with van der Waals surface area (Å²) in [5.41, 5.74) is 1.77. The van der Waals surface area contributed by atoms with Gasteiger partial charge in [-0.2, -0.15) is 0 Å². The van der Waals surface area contributed by atoms with Gasteiger partial charge in [-0.25, -0.2) is 14.6 Å². The monoisotopic (exact) mass is 663 g/mol. The van der Waals surface area contributed by atoms with Crippen LogP contribution in [-0.4, -0.2) is 59.6 Å². The fraction of sp³-hybridized carbons (Fsp3) is 0.333. The second-order valence-corrected chi connectivity index (χ2v) is 11.0. The van der Waals surface area contributed by atoms with Crippen molar-refractivity contribution in [2.45, 2.75) is 57.9 Å². The zero-order valence-electron chi connectivity index (χ0n) is 26.8. The number of hydrogen-bond donors (Lipinski definition) is 2. The summed E-state index contributed by atoms with van der Waals surface area (Å²) in [7, 11) is 0. The number of ether oxygens (including phenoxy) is 2. The van der Waals surface area contributed by atoms with Crippen LogP contribution in [0.25, 0.3) is 12.2 Å². The molecule has 47 heavy (non-hydrogen) atoms. The normalized spacial score (nSPS) is 12.5. The number of carbonyl (C=O) groups is 3. The number of hydrogen-bond acceptors (Lipinski definition) is 12. The first-order chi connectivity index (χ1) is 21.4. The van der Waals surface area contributed by atoms with Crippen LogP contribution in [0.1, 0.15) is 68.7 Å². The second-order valence-electron chi connectivity index (χ2n) is 11.0. The molecule has 0 aliphatic rings. The van der Waals surface area contributed by atoms with E-state index in [0.29, 0.717) is 11.4 Å². The van der Waals surface area contributed by atoms with E-state index in [2.05, 4.69) is 30.2 Å². The van der Waals surface area contributed by atoms with Crippen LogP contribution in [-0.2, 0) is 31.0 Å². The smallest absolute Gasteiger partial charge is 0.550 e. The fourth-order valence-electron chi connectivity index (χ4n) is 4.28. The molecule has 3 aromatic heterocycles. The predicted molar refractivity (Wildman–Crippen MR) is 153 cm³/mol. The van der Waals surface area contributed by atoms with Crippen LogP contribution in [0, 0.1) is 0 Å². The van der Waals surface area contributed by atoms with Crippen LogP contribution in [0.3, 0.4) is 0 Å². The molecule has 1 atom stereocenters. The molecule has 236 valence electrons. The third-order valence-corrected chi connectivity index (χ3v) is 6.47. The van der Waals surface area contributed by atoms with Gasteiger partial charge in [-0.1, -0.05) is 56.3 Å². The van der Waals surface area contributed by atoms with Gasteiger partial charge in [-0.3, -0.25) is 9.59 Å². The minimum Gasteiger partial charge on any atom is -0.550 e. The number of nitrogens with zero attached hydrogens (tertiary/aromatic N) is 5. The first-order valence-corrected chi connectivity index (χ1v) is 13.9. The molecule has 0 fully saturated rings. The molecule has 0 bridgehead atoms. The average Bonchev–Trinajstić information content (AvgIpc) is 3.64. The van der Waals surface area contributed by atoms with Crippen molar-refractivity contribution in [1.29, 1.82) is 0 Å². The Morgan fingerprint density at radius 3 is 2.47 bits per heavy atom. The maximum Gasteiger partial charge on any atom is 1.00 e. The predicted octanol–water partition coefficient (Wildman–Crippen LogP) is -7.62. The number of rotatable bonds is 13. The zero-order valence-corrected chi connectivity index (χ0v) is 30.8. The summed E-state index contributed by atoms with van der Waals surface area (Å²) in [5.74, 6) is -3.79. The summed E-state index contributed by atoms with van der Waals surface area (Å²) in [6, 6.07) is 7.57. The summed E-state index contributed by atoms with van der Waals surface area (Å²) in [6.07, 6.45) is 5.69. The number of carboxylic acid groups (broad SMARTS) is 2. The maximum absolute atomic E-state index is 12.9.